The minimum Gasteiger partial charge on any atom is -0.489 e. The number of rotatable bonds is 2. The fourth-order valence-corrected chi connectivity index (χ4v) is 5.13. The van der Waals surface area contributed by atoms with Crippen LogP contribution in [0.15, 0.2) is 36.5 Å². The van der Waals surface area contributed by atoms with Crippen LogP contribution in [0.1, 0.15) is 38.5 Å². The van der Waals surface area contributed by atoms with Crippen molar-refractivity contribution in [3.8, 4) is 5.75 Å². The molecule has 0 saturated heterocycles. The van der Waals surface area contributed by atoms with Crippen molar-refractivity contribution in [2.75, 3.05) is 0 Å². The van der Waals surface area contributed by atoms with Crippen molar-refractivity contribution in [1.29, 1.82) is 0 Å². The van der Waals surface area contributed by atoms with Crippen LogP contribution >= 0.6 is 15.9 Å². The Morgan fingerprint density at radius 2 is 1.95 bits per heavy atom. The first-order valence-electron chi connectivity index (χ1n) is 7.94. The van der Waals surface area contributed by atoms with Gasteiger partial charge in [-0.3, -0.25) is 4.98 Å². The highest BCUT2D eigenvalue weighted by Gasteiger charge is 2.55. The van der Waals surface area contributed by atoms with Crippen LogP contribution in [0.4, 0.5) is 0 Å². The van der Waals surface area contributed by atoms with Crippen molar-refractivity contribution in [1.82, 2.24) is 4.98 Å². The zero-order chi connectivity index (χ0) is 14.3. The van der Waals surface area contributed by atoms with Gasteiger partial charge in [-0.1, -0.05) is 41.3 Å². The van der Waals surface area contributed by atoms with Crippen LogP contribution in [0.5, 0.6) is 5.75 Å². The van der Waals surface area contributed by atoms with Crippen molar-refractivity contribution in [2.24, 2.45) is 5.41 Å². The highest BCUT2D eigenvalue weighted by molar-refractivity contribution is 9.09. The number of hydrogen-bond acceptors (Lipinski definition) is 2. The zero-order valence-electron chi connectivity index (χ0n) is 12.1. The maximum atomic E-state index is 6.46. The van der Waals surface area contributed by atoms with Crippen LogP contribution in [0.2, 0.25) is 0 Å². The van der Waals surface area contributed by atoms with E-state index in [1.165, 1.54) is 32.1 Å². The molecule has 2 aliphatic rings. The summed E-state index contributed by atoms with van der Waals surface area (Å²) in [5.74, 6) is 0.995. The van der Waals surface area contributed by atoms with E-state index in [9.17, 15) is 0 Å². The van der Waals surface area contributed by atoms with Crippen LogP contribution in [0.25, 0.3) is 10.9 Å². The maximum absolute atomic E-state index is 6.46. The SMILES string of the molecule is BrC1CC(Oc2cccc3ncccc23)C12CCCCC2. The standard InChI is InChI=1S/C18H20BrNO/c19-16-12-17(18(16)9-2-1-3-10-18)21-15-8-4-7-14-13(15)6-5-11-20-14/h4-8,11,16-17H,1-3,9-10,12H2. The van der Waals surface area contributed by atoms with Crippen LogP contribution in [-0.4, -0.2) is 15.9 Å². The van der Waals surface area contributed by atoms with Gasteiger partial charge in [0.05, 0.1) is 5.52 Å². The Balaban J connectivity index is 1.63. The van der Waals surface area contributed by atoms with Crippen LogP contribution in [0.3, 0.4) is 0 Å². The van der Waals surface area contributed by atoms with E-state index in [1.54, 1.807) is 0 Å². The van der Waals surface area contributed by atoms with Gasteiger partial charge in [0.25, 0.3) is 0 Å². The zero-order valence-corrected chi connectivity index (χ0v) is 13.7. The number of benzene rings is 1. The van der Waals surface area contributed by atoms with Gasteiger partial charge in [-0.05, 0) is 43.5 Å². The molecule has 2 saturated carbocycles. The molecule has 21 heavy (non-hydrogen) atoms. The summed E-state index contributed by atoms with van der Waals surface area (Å²) in [5.41, 5.74) is 1.38. The van der Waals surface area contributed by atoms with E-state index in [4.69, 9.17) is 4.74 Å². The Labute approximate surface area is 134 Å². The Bertz CT molecular complexity index is 645. The molecule has 2 atom stereocenters. The Morgan fingerprint density at radius 1 is 1.10 bits per heavy atom. The van der Waals surface area contributed by atoms with E-state index in [2.05, 4.69) is 33.0 Å². The molecule has 1 aromatic carbocycles. The van der Waals surface area contributed by atoms with E-state index in [0.717, 1.165) is 23.1 Å². The lowest BCUT2D eigenvalue weighted by Crippen LogP contribution is -2.57. The van der Waals surface area contributed by atoms with Crippen LogP contribution in [0, 0.1) is 5.41 Å². The lowest BCUT2D eigenvalue weighted by atomic mass is 9.58. The number of aromatic nitrogens is 1. The number of nitrogens with zero attached hydrogens (tertiary/aromatic N) is 1. The van der Waals surface area contributed by atoms with Gasteiger partial charge >= 0.3 is 0 Å². The highest BCUT2D eigenvalue weighted by atomic mass is 79.9. The molecular weight excluding hydrogens is 326 g/mol. The molecule has 2 aromatic rings. The third kappa shape index (κ3) is 2.17. The van der Waals surface area contributed by atoms with E-state index in [-0.39, 0.29) is 0 Å². The van der Waals surface area contributed by atoms with Gasteiger partial charge in [0, 0.05) is 21.8 Å². The van der Waals surface area contributed by atoms with Crippen molar-refractivity contribution in [3.05, 3.63) is 36.5 Å². The predicted molar refractivity (Wildman–Crippen MR) is 89.0 cm³/mol. The second-order valence-corrected chi connectivity index (χ2v) is 7.54. The van der Waals surface area contributed by atoms with Crippen molar-refractivity contribution in [2.45, 2.75) is 49.5 Å². The third-order valence-corrected chi connectivity index (χ3v) is 6.63. The molecule has 2 fully saturated rings. The molecule has 110 valence electrons. The number of alkyl halides is 1. The number of halogens is 1. The molecule has 2 aliphatic carbocycles. The molecule has 3 heteroatoms. The predicted octanol–water partition coefficient (Wildman–Crippen LogP) is 5.10. The second kappa shape index (κ2) is 5.28. The van der Waals surface area contributed by atoms with Gasteiger partial charge in [-0.25, -0.2) is 0 Å². The van der Waals surface area contributed by atoms with Gasteiger partial charge in [-0.15, -0.1) is 0 Å². The topological polar surface area (TPSA) is 22.1 Å². The molecule has 0 N–H and O–H groups in total. The summed E-state index contributed by atoms with van der Waals surface area (Å²) in [5, 5.41) is 1.13. The molecule has 1 aromatic heterocycles. The van der Waals surface area contributed by atoms with E-state index in [1.807, 2.05) is 24.4 Å². The summed E-state index contributed by atoms with van der Waals surface area (Å²) in [7, 11) is 0. The fourth-order valence-electron chi connectivity index (χ4n) is 4.04. The van der Waals surface area contributed by atoms with Crippen molar-refractivity contribution < 1.29 is 4.74 Å². The minimum atomic E-state index is 0.355. The molecule has 0 aliphatic heterocycles. The summed E-state index contributed by atoms with van der Waals surface area (Å²) in [6.45, 7) is 0. The average Bonchev–Trinajstić information content (AvgIpc) is 2.55. The summed E-state index contributed by atoms with van der Waals surface area (Å²) in [6, 6.07) is 10.3. The monoisotopic (exact) mass is 345 g/mol. The van der Waals surface area contributed by atoms with Crippen LogP contribution < -0.4 is 4.74 Å². The van der Waals surface area contributed by atoms with Gasteiger partial charge in [0.2, 0.25) is 0 Å². The van der Waals surface area contributed by atoms with Crippen molar-refractivity contribution in [3.63, 3.8) is 0 Å². The third-order valence-electron chi connectivity index (χ3n) is 5.35. The first-order valence-corrected chi connectivity index (χ1v) is 8.86. The number of pyridine rings is 1. The molecule has 2 nitrogen and oxygen atoms in total. The molecule has 2 unspecified atom stereocenters. The number of ether oxygens (including phenoxy) is 1. The summed E-state index contributed by atoms with van der Waals surface area (Å²) in [6.07, 6.45) is 9.99. The Hall–Kier alpha value is -1.09. The number of fused-ring (bicyclic) bond motifs is 1. The summed E-state index contributed by atoms with van der Waals surface area (Å²) < 4.78 is 6.46. The lowest BCUT2D eigenvalue weighted by Gasteiger charge is -2.55. The van der Waals surface area contributed by atoms with Gasteiger partial charge in [0.15, 0.2) is 0 Å². The Morgan fingerprint density at radius 3 is 2.76 bits per heavy atom. The normalized spacial score (nSPS) is 27.5. The first kappa shape index (κ1) is 13.6. The fraction of sp³-hybridized carbons (Fsp3) is 0.500. The first-order chi connectivity index (χ1) is 10.3. The van der Waals surface area contributed by atoms with Crippen LogP contribution in [-0.2, 0) is 0 Å². The van der Waals surface area contributed by atoms with Gasteiger partial charge in [-0.2, -0.15) is 0 Å². The molecule has 0 amide bonds. The second-order valence-electron chi connectivity index (χ2n) is 6.43. The Kier molecular flexibility index (Phi) is 3.41. The van der Waals surface area contributed by atoms with E-state index >= 15 is 0 Å². The molecular formula is C18H20BrNO. The minimum absolute atomic E-state index is 0.355. The van der Waals surface area contributed by atoms with E-state index < -0.39 is 0 Å². The molecule has 0 bridgehead atoms. The average molecular weight is 346 g/mol. The van der Waals surface area contributed by atoms with Crippen molar-refractivity contribution >= 4 is 26.8 Å². The molecule has 1 spiro atoms. The lowest BCUT2D eigenvalue weighted by molar-refractivity contribution is -0.0593. The molecule has 0 radical (unpaired) electrons. The molecule has 1 heterocycles. The van der Waals surface area contributed by atoms with Gasteiger partial charge in [0.1, 0.15) is 11.9 Å². The quantitative estimate of drug-likeness (QED) is 0.706. The molecule has 4 rings (SSSR count). The smallest absolute Gasteiger partial charge is 0.129 e. The number of hydrogen-bond donors (Lipinski definition) is 0. The highest BCUT2D eigenvalue weighted by Crippen LogP contribution is 2.56. The van der Waals surface area contributed by atoms with E-state index in [0.29, 0.717) is 16.3 Å². The van der Waals surface area contributed by atoms with Gasteiger partial charge < -0.3 is 4.74 Å². The summed E-state index contributed by atoms with van der Waals surface area (Å²) in [4.78, 5) is 5.05. The maximum Gasteiger partial charge on any atom is 0.129 e. The summed E-state index contributed by atoms with van der Waals surface area (Å²) >= 11 is 3.89. The largest absolute Gasteiger partial charge is 0.489 e.